The number of benzene rings is 2. The monoisotopic (exact) mass is 485 g/mol. The molecule has 0 amide bonds. The molecule has 0 saturated heterocycles. The lowest BCUT2D eigenvalue weighted by Crippen LogP contribution is -2.27. The molecule has 9 heteroatoms. The fraction of sp³-hybridized carbons (Fsp3) is 0.192. The van der Waals surface area contributed by atoms with Crippen molar-refractivity contribution in [2.24, 2.45) is 0 Å². The van der Waals surface area contributed by atoms with Gasteiger partial charge in [-0.25, -0.2) is 4.68 Å². The van der Waals surface area contributed by atoms with E-state index < -0.39 is 5.56 Å². The molecule has 2 aromatic carbocycles. The first-order valence-corrected chi connectivity index (χ1v) is 12.0. The molecule has 0 radical (unpaired) electrons. The van der Waals surface area contributed by atoms with E-state index in [4.69, 9.17) is 9.84 Å². The standard InChI is InChI=1S/C26H23N5O3S/c1-15(2)34-21-11-10-18(12-16(21)3)23-19(14-30(29-23)20-8-6-5-7-9-20)13-22-25(33)31-26(35-22)27-24(32)17(4)28-31/h5-15H,1-4H3. The molecule has 3 heterocycles. The van der Waals surface area contributed by atoms with Crippen LogP contribution in [0.25, 0.3) is 28.0 Å². The van der Waals surface area contributed by atoms with Crippen LogP contribution in [0.3, 0.4) is 0 Å². The number of para-hydroxylation sites is 1. The van der Waals surface area contributed by atoms with Crippen LogP contribution in [0.5, 0.6) is 5.75 Å². The van der Waals surface area contributed by atoms with E-state index in [1.807, 2.05) is 75.5 Å². The first kappa shape index (κ1) is 22.7. The second kappa shape index (κ2) is 8.92. The Balaban J connectivity index is 1.70. The minimum atomic E-state index is -0.436. The van der Waals surface area contributed by atoms with E-state index in [0.717, 1.165) is 45.2 Å². The highest BCUT2D eigenvalue weighted by atomic mass is 32.1. The molecule has 5 rings (SSSR count). The lowest BCUT2D eigenvalue weighted by atomic mass is 10.0. The molecular weight excluding hydrogens is 462 g/mol. The summed E-state index contributed by atoms with van der Waals surface area (Å²) in [5.41, 5.74) is 3.68. The maximum atomic E-state index is 13.0. The maximum Gasteiger partial charge on any atom is 0.295 e. The molecule has 0 N–H and O–H groups in total. The summed E-state index contributed by atoms with van der Waals surface area (Å²) in [7, 11) is 0. The van der Waals surface area contributed by atoms with Gasteiger partial charge in [-0.15, -0.1) is 0 Å². The molecular formula is C26H23N5O3S. The second-order valence-electron chi connectivity index (χ2n) is 8.47. The SMILES string of the molecule is Cc1cc(-c2nn(-c3ccccc3)cc2C=c2sc3nc(=O)c(C)nn3c2=O)ccc1OC(C)C. The molecule has 0 aliphatic carbocycles. The van der Waals surface area contributed by atoms with Gasteiger partial charge < -0.3 is 4.74 Å². The topological polar surface area (TPSA) is 91.4 Å². The van der Waals surface area contributed by atoms with E-state index in [-0.39, 0.29) is 22.3 Å². The Bertz CT molecular complexity index is 1720. The van der Waals surface area contributed by atoms with Crippen LogP contribution in [0.4, 0.5) is 0 Å². The Morgan fingerprint density at radius 3 is 2.51 bits per heavy atom. The Kier molecular flexibility index (Phi) is 5.78. The van der Waals surface area contributed by atoms with Crippen LogP contribution in [-0.2, 0) is 0 Å². The third kappa shape index (κ3) is 4.38. The van der Waals surface area contributed by atoms with Crippen molar-refractivity contribution in [1.82, 2.24) is 24.4 Å². The summed E-state index contributed by atoms with van der Waals surface area (Å²) >= 11 is 1.13. The van der Waals surface area contributed by atoms with E-state index in [2.05, 4.69) is 10.1 Å². The number of nitrogens with zero attached hydrogens (tertiary/aromatic N) is 5. The van der Waals surface area contributed by atoms with E-state index >= 15 is 0 Å². The quantitative estimate of drug-likeness (QED) is 0.379. The summed E-state index contributed by atoms with van der Waals surface area (Å²) in [6, 6.07) is 15.7. The lowest BCUT2D eigenvalue weighted by molar-refractivity contribution is 0.241. The van der Waals surface area contributed by atoms with Crippen LogP contribution >= 0.6 is 11.3 Å². The predicted molar refractivity (Wildman–Crippen MR) is 136 cm³/mol. The van der Waals surface area contributed by atoms with Crippen LogP contribution < -0.4 is 20.4 Å². The highest BCUT2D eigenvalue weighted by Crippen LogP contribution is 2.29. The number of hydrogen-bond acceptors (Lipinski definition) is 7. The van der Waals surface area contributed by atoms with Crippen LogP contribution in [0.1, 0.15) is 30.7 Å². The summed E-state index contributed by atoms with van der Waals surface area (Å²) in [6.07, 6.45) is 3.74. The van der Waals surface area contributed by atoms with Crippen LogP contribution in [0, 0.1) is 13.8 Å². The number of fused-ring (bicyclic) bond motifs is 1. The zero-order chi connectivity index (χ0) is 24.7. The molecule has 0 fully saturated rings. The first-order valence-electron chi connectivity index (χ1n) is 11.1. The van der Waals surface area contributed by atoms with Gasteiger partial charge in [-0.3, -0.25) is 9.59 Å². The Hall–Kier alpha value is -4.11. The van der Waals surface area contributed by atoms with Crippen molar-refractivity contribution in [3.63, 3.8) is 0 Å². The van der Waals surface area contributed by atoms with Gasteiger partial charge in [0.2, 0.25) is 4.96 Å². The van der Waals surface area contributed by atoms with Gasteiger partial charge in [0.1, 0.15) is 17.1 Å². The highest BCUT2D eigenvalue weighted by Gasteiger charge is 2.15. The largest absolute Gasteiger partial charge is 0.491 e. The zero-order valence-electron chi connectivity index (χ0n) is 19.7. The Morgan fingerprint density at radius 2 is 1.80 bits per heavy atom. The van der Waals surface area contributed by atoms with E-state index in [1.165, 1.54) is 4.52 Å². The smallest absolute Gasteiger partial charge is 0.295 e. The average molecular weight is 486 g/mol. The number of hydrogen-bond donors (Lipinski definition) is 0. The molecule has 0 unspecified atom stereocenters. The molecule has 0 aliphatic heterocycles. The van der Waals surface area contributed by atoms with Gasteiger partial charge in [-0.1, -0.05) is 29.5 Å². The van der Waals surface area contributed by atoms with E-state index in [0.29, 0.717) is 4.53 Å². The van der Waals surface area contributed by atoms with Crippen molar-refractivity contribution in [1.29, 1.82) is 0 Å². The molecule has 8 nitrogen and oxygen atoms in total. The fourth-order valence-corrected chi connectivity index (χ4v) is 4.64. The van der Waals surface area contributed by atoms with Gasteiger partial charge in [0.05, 0.1) is 16.3 Å². The van der Waals surface area contributed by atoms with Gasteiger partial charge in [0.25, 0.3) is 11.1 Å². The van der Waals surface area contributed by atoms with Crippen molar-refractivity contribution in [2.45, 2.75) is 33.8 Å². The number of thiazole rings is 1. The van der Waals surface area contributed by atoms with Gasteiger partial charge in [-0.05, 0) is 69.7 Å². The highest BCUT2D eigenvalue weighted by molar-refractivity contribution is 7.15. The van der Waals surface area contributed by atoms with Gasteiger partial charge >= 0.3 is 0 Å². The second-order valence-corrected chi connectivity index (χ2v) is 9.48. The summed E-state index contributed by atoms with van der Waals surface area (Å²) in [6.45, 7) is 7.52. The first-order chi connectivity index (χ1) is 16.8. The molecule has 0 atom stereocenters. The summed E-state index contributed by atoms with van der Waals surface area (Å²) in [4.78, 5) is 29.2. The number of rotatable bonds is 5. The summed E-state index contributed by atoms with van der Waals surface area (Å²) in [5.74, 6) is 0.820. The van der Waals surface area contributed by atoms with Crippen molar-refractivity contribution in [2.75, 3.05) is 0 Å². The zero-order valence-corrected chi connectivity index (χ0v) is 20.5. The molecule has 0 bridgehead atoms. The molecule has 3 aromatic heterocycles. The van der Waals surface area contributed by atoms with E-state index in [1.54, 1.807) is 17.7 Å². The molecule has 0 saturated carbocycles. The minimum Gasteiger partial charge on any atom is -0.491 e. The van der Waals surface area contributed by atoms with Crippen molar-refractivity contribution < 1.29 is 4.74 Å². The van der Waals surface area contributed by atoms with Gasteiger partial charge in [0, 0.05) is 17.3 Å². The van der Waals surface area contributed by atoms with Gasteiger partial charge in [0.15, 0.2) is 0 Å². The van der Waals surface area contributed by atoms with Crippen molar-refractivity contribution in [3.05, 3.63) is 96.8 Å². The predicted octanol–water partition coefficient (Wildman–Crippen LogP) is 3.32. The van der Waals surface area contributed by atoms with Crippen molar-refractivity contribution in [3.8, 4) is 22.7 Å². The summed E-state index contributed by atoms with van der Waals surface area (Å²) in [5, 5.41) is 8.95. The Labute approximate surface area is 204 Å². The van der Waals surface area contributed by atoms with Crippen molar-refractivity contribution >= 4 is 22.4 Å². The van der Waals surface area contributed by atoms with Gasteiger partial charge in [-0.2, -0.15) is 19.7 Å². The normalized spacial score (nSPS) is 12.1. The lowest BCUT2D eigenvalue weighted by Gasteiger charge is -2.13. The van der Waals surface area contributed by atoms with E-state index in [9.17, 15) is 9.59 Å². The average Bonchev–Trinajstić information content (AvgIpc) is 3.38. The molecule has 0 spiro atoms. The maximum absolute atomic E-state index is 13.0. The molecule has 35 heavy (non-hydrogen) atoms. The molecule has 5 aromatic rings. The minimum absolute atomic E-state index is 0.0714. The fourth-order valence-electron chi connectivity index (χ4n) is 3.74. The number of aromatic nitrogens is 5. The molecule has 0 aliphatic rings. The number of ether oxygens (including phenoxy) is 1. The summed E-state index contributed by atoms with van der Waals surface area (Å²) < 4.78 is 9.27. The third-order valence-electron chi connectivity index (χ3n) is 5.40. The number of aryl methyl sites for hydroxylation is 2. The third-order valence-corrected chi connectivity index (χ3v) is 6.36. The molecule has 176 valence electrons. The Morgan fingerprint density at radius 1 is 1.03 bits per heavy atom. The van der Waals surface area contributed by atoms with Crippen LogP contribution in [0.15, 0.2) is 64.3 Å². The van der Waals surface area contributed by atoms with Crippen LogP contribution in [0.2, 0.25) is 0 Å². The van der Waals surface area contributed by atoms with Crippen LogP contribution in [-0.4, -0.2) is 30.5 Å².